The van der Waals surface area contributed by atoms with Crippen molar-refractivity contribution in [1.82, 2.24) is 14.8 Å². The van der Waals surface area contributed by atoms with Gasteiger partial charge in [0.2, 0.25) is 11.7 Å². The van der Waals surface area contributed by atoms with E-state index in [1.807, 2.05) is 41.0 Å². The fourth-order valence-corrected chi connectivity index (χ4v) is 4.11. The Morgan fingerprint density at radius 1 is 1.00 bits per heavy atom. The van der Waals surface area contributed by atoms with Crippen molar-refractivity contribution in [2.75, 3.05) is 11.1 Å². The molecule has 1 amide bonds. The topological polar surface area (TPSA) is 103 Å². The number of thioether (sulfide) groups is 1. The molecule has 3 heterocycles. The van der Waals surface area contributed by atoms with E-state index in [1.54, 1.807) is 36.6 Å². The van der Waals surface area contributed by atoms with E-state index in [0.29, 0.717) is 34.6 Å². The van der Waals surface area contributed by atoms with Crippen LogP contribution in [0, 0.1) is 0 Å². The maximum Gasteiger partial charge on any atom is 0.336 e. The Bertz CT molecular complexity index is 1460. The second-order valence-corrected chi connectivity index (χ2v) is 8.14. The second-order valence-electron chi connectivity index (χ2n) is 7.20. The fraction of sp³-hybridized carbons (Fsp3) is 0.0833. The number of carbonyl (C=O) groups excluding carboxylic acids is 1. The van der Waals surface area contributed by atoms with Gasteiger partial charge in [0.1, 0.15) is 5.58 Å². The lowest BCUT2D eigenvalue weighted by Crippen LogP contribution is -2.15. The van der Waals surface area contributed by atoms with E-state index in [9.17, 15) is 9.59 Å². The highest BCUT2D eigenvalue weighted by Gasteiger charge is 2.18. The van der Waals surface area contributed by atoms with Crippen LogP contribution in [0.4, 0.5) is 5.69 Å². The smallest absolute Gasteiger partial charge is 0.336 e. The van der Waals surface area contributed by atoms with Gasteiger partial charge in [-0.3, -0.25) is 9.36 Å². The van der Waals surface area contributed by atoms with Crippen molar-refractivity contribution in [2.45, 2.75) is 11.7 Å². The first-order valence-corrected chi connectivity index (χ1v) is 11.1. The van der Waals surface area contributed by atoms with Crippen LogP contribution in [0.1, 0.15) is 5.56 Å². The van der Waals surface area contributed by atoms with Crippen LogP contribution >= 0.6 is 11.8 Å². The average Bonchev–Trinajstić information content (AvgIpc) is 3.49. The number of hydrogen-bond acceptors (Lipinski definition) is 7. The summed E-state index contributed by atoms with van der Waals surface area (Å²) in [7, 11) is 0. The number of benzene rings is 2. The van der Waals surface area contributed by atoms with Crippen LogP contribution in [0.15, 0.2) is 97.8 Å². The zero-order valence-corrected chi connectivity index (χ0v) is 18.1. The molecule has 0 saturated heterocycles. The summed E-state index contributed by atoms with van der Waals surface area (Å²) >= 11 is 1.29. The second kappa shape index (κ2) is 9.17. The summed E-state index contributed by atoms with van der Waals surface area (Å²) in [6.45, 7) is 0.545. The molecule has 2 aromatic carbocycles. The largest absolute Gasteiger partial charge is 0.461 e. The lowest BCUT2D eigenvalue weighted by atomic mass is 10.2. The Balaban J connectivity index is 1.32. The van der Waals surface area contributed by atoms with Gasteiger partial charge < -0.3 is 14.2 Å². The van der Waals surface area contributed by atoms with Gasteiger partial charge in [-0.2, -0.15) is 0 Å². The molecule has 8 nitrogen and oxygen atoms in total. The van der Waals surface area contributed by atoms with Crippen molar-refractivity contribution in [1.29, 1.82) is 0 Å². The summed E-state index contributed by atoms with van der Waals surface area (Å²) in [5.74, 6) is 1.17. The highest BCUT2D eigenvalue weighted by Crippen LogP contribution is 2.26. The normalized spacial score (nSPS) is 11.0. The third-order valence-electron chi connectivity index (χ3n) is 4.88. The van der Waals surface area contributed by atoms with Crippen molar-refractivity contribution >= 4 is 34.3 Å². The lowest BCUT2D eigenvalue weighted by molar-refractivity contribution is -0.113. The molecule has 0 aliphatic heterocycles. The van der Waals surface area contributed by atoms with Gasteiger partial charge in [0.25, 0.3) is 0 Å². The number of nitrogens with zero attached hydrogens (tertiary/aromatic N) is 3. The molecule has 0 unspecified atom stereocenters. The molecule has 0 saturated carbocycles. The van der Waals surface area contributed by atoms with Gasteiger partial charge in [0.15, 0.2) is 10.9 Å². The zero-order chi connectivity index (χ0) is 22.6. The van der Waals surface area contributed by atoms with Crippen molar-refractivity contribution in [3.05, 3.63) is 95.0 Å². The number of hydrogen-bond donors (Lipinski definition) is 1. The van der Waals surface area contributed by atoms with Crippen LogP contribution in [0.3, 0.4) is 0 Å². The first-order valence-electron chi connectivity index (χ1n) is 10.1. The van der Waals surface area contributed by atoms with E-state index >= 15 is 0 Å². The number of amides is 1. The Hall–Kier alpha value is -4.11. The van der Waals surface area contributed by atoms with Crippen molar-refractivity contribution < 1.29 is 13.6 Å². The van der Waals surface area contributed by atoms with Crippen LogP contribution in [-0.2, 0) is 11.3 Å². The van der Waals surface area contributed by atoms with Crippen LogP contribution < -0.4 is 10.9 Å². The molecule has 0 radical (unpaired) electrons. The number of nitrogens with one attached hydrogen (secondary N) is 1. The van der Waals surface area contributed by atoms with Crippen LogP contribution in [0.25, 0.3) is 22.6 Å². The molecular weight excluding hydrogens is 440 g/mol. The van der Waals surface area contributed by atoms with Gasteiger partial charge in [-0.15, -0.1) is 10.2 Å². The molecular formula is C24H18N4O4S. The van der Waals surface area contributed by atoms with Crippen LogP contribution in [0.5, 0.6) is 0 Å². The minimum Gasteiger partial charge on any atom is -0.461 e. The first-order chi connectivity index (χ1) is 16.2. The molecule has 33 heavy (non-hydrogen) atoms. The molecule has 5 aromatic rings. The Kier molecular flexibility index (Phi) is 5.77. The summed E-state index contributed by atoms with van der Waals surface area (Å²) in [4.78, 5) is 23.9. The molecule has 0 atom stereocenters. The van der Waals surface area contributed by atoms with E-state index in [0.717, 1.165) is 10.9 Å². The molecule has 0 bridgehead atoms. The molecule has 3 aromatic heterocycles. The number of anilines is 1. The lowest BCUT2D eigenvalue weighted by Gasteiger charge is -2.10. The van der Waals surface area contributed by atoms with E-state index in [2.05, 4.69) is 15.5 Å². The molecule has 9 heteroatoms. The predicted molar refractivity (Wildman–Crippen MR) is 125 cm³/mol. The van der Waals surface area contributed by atoms with Gasteiger partial charge in [0, 0.05) is 17.1 Å². The minimum atomic E-state index is -0.413. The van der Waals surface area contributed by atoms with Crippen molar-refractivity contribution in [3.63, 3.8) is 0 Å². The maximum absolute atomic E-state index is 12.6. The summed E-state index contributed by atoms with van der Waals surface area (Å²) in [6.07, 6.45) is 1.59. The molecule has 0 aliphatic carbocycles. The van der Waals surface area contributed by atoms with Crippen LogP contribution in [0.2, 0.25) is 0 Å². The number of rotatable bonds is 7. The highest BCUT2D eigenvalue weighted by atomic mass is 32.2. The SMILES string of the molecule is O=C(CSc1nnc(-c2ccco2)n1Cc1ccccc1)Nc1ccc2oc(=O)ccc2c1. The fourth-order valence-electron chi connectivity index (χ4n) is 3.37. The molecule has 0 aliphatic rings. The standard InChI is InChI=1S/C24H18N4O4S/c29-21(25-18-9-10-19-17(13-18)8-11-22(30)32-19)15-33-24-27-26-23(20-7-4-12-31-20)28(24)14-16-5-2-1-3-6-16/h1-13H,14-15H2,(H,25,29). The number of carbonyl (C=O) groups is 1. The number of furan rings is 1. The van der Waals surface area contributed by atoms with E-state index < -0.39 is 5.63 Å². The van der Waals surface area contributed by atoms with Crippen molar-refractivity contribution in [2.24, 2.45) is 0 Å². The number of aromatic nitrogens is 3. The van der Waals surface area contributed by atoms with E-state index in [-0.39, 0.29) is 11.7 Å². The van der Waals surface area contributed by atoms with Gasteiger partial charge in [-0.25, -0.2) is 4.79 Å². The van der Waals surface area contributed by atoms with E-state index in [1.165, 1.54) is 17.8 Å². The van der Waals surface area contributed by atoms with Gasteiger partial charge in [-0.05, 0) is 42.0 Å². The third kappa shape index (κ3) is 4.73. The first kappa shape index (κ1) is 20.8. The molecule has 164 valence electrons. The quantitative estimate of drug-likeness (QED) is 0.284. The van der Waals surface area contributed by atoms with Gasteiger partial charge >= 0.3 is 5.63 Å². The molecule has 5 rings (SSSR count). The molecule has 1 N–H and O–H groups in total. The highest BCUT2D eigenvalue weighted by molar-refractivity contribution is 7.99. The van der Waals surface area contributed by atoms with Gasteiger partial charge in [0.05, 0.1) is 18.6 Å². The Morgan fingerprint density at radius 3 is 2.70 bits per heavy atom. The number of fused-ring (bicyclic) bond motifs is 1. The monoisotopic (exact) mass is 458 g/mol. The summed E-state index contributed by atoms with van der Waals surface area (Å²) in [5, 5.41) is 12.8. The Labute approximate surface area is 192 Å². The summed E-state index contributed by atoms with van der Waals surface area (Å²) < 4.78 is 12.6. The predicted octanol–water partition coefficient (Wildman–Crippen LogP) is 4.42. The van der Waals surface area contributed by atoms with Crippen LogP contribution in [-0.4, -0.2) is 26.4 Å². The summed E-state index contributed by atoms with van der Waals surface area (Å²) in [6, 6.07) is 21.7. The Morgan fingerprint density at radius 2 is 1.88 bits per heavy atom. The van der Waals surface area contributed by atoms with Crippen molar-refractivity contribution in [3.8, 4) is 11.6 Å². The minimum absolute atomic E-state index is 0.146. The maximum atomic E-state index is 12.6. The molecule has 0 spiro atoms. The van der Waals surface area contributed by atoms with E-state index in [4.69, 9.17) is 8.83 Å². The third-order valence-corrected chi connectivity index (χ3v) is 5.84. The zero-order valence-electron chi connectivity index (χ0n) is 17.3. The molecule has 0 fully saturated rings. The average molecular weight is 458 g/mol. The van der Waals surface area contributed by atoms with Gasteiger partial charge in [-0.1, -0.05) is 42.1 Å². The summed E-state index contributed by atoms with van der Waals surface area (Å²) in [5.41, 5.74) is 1.75.